The Morgan fingerprint density at radius 2 is 1.80 bits per heavy atom. The van der Waals surface area contributed by atoms with Gasteiger partial charge < -0.3 is 15.2 Å². The molecule has 2 aromatic carbocycles. The number of hydrogen-bond donors (Lipinski definition) is 3. The van der Waals surface area contributed by atoms with Crippen LogP contribution in [-0.2, 0) is 14.8 Å². The molecule has 0 fully saturated rings. The van der Waals surface area contributed by atoms with E-state index in [0.717, 1.165) is 0 Å². The summed E-state index contributed by atoms with van der Waals surface area (Å²) in [4.78, 5) is 23.0. The summed E-state index contributed by atoms with van der Waals surface area (Å²) in [5.41, 5.74) is 0.259. The van der Waals surface area contributed by atoms with Crippen LogP contribution in [0.1, 0.15) is 10.4 Å². The highest BCUT2D eigenvalue weighted by Crippen LogP contribution is 2.23. The second-order valence-corrected chi connectivity index (χ2v) is 7.33. The van der Waals surface area contributed by atoms with E-state index in [-0.39, 0.29) is 16.2 Å². The number of carboxylic acid groups (broad SMARTS) is 1. The molecule has 0 radical (unpaired) electrons. The van der Waals surface area contributed by atoms with Crippen molar-refractivity contribution in [2.24, 2.45) is 5.14 Å². The Kier molecular flexibility index (Phi) is 5.77. The summed E-state index contributed by atoms with van der Waals surface area (Å²) in [5.74, 6) is -1.67. The number of ether oxygens (including phenoxy) is 1. The lowest BCUT2D eigenvalue weighted by atomic mass is 10.2. The molecule has 0 saturated heterocycles. The van der Waals surface area contributed by atoms with Gasteiger partial charge in [0.2, 0.25) is 10.0 Å². The Bertz CT molecular complexity index is 912. The molecule has 1 amide bonds. The molecule has 2 aromatic rings. The van der Waals surface area contributed by atoms with Crippen molar-refractivity contribution in [3.05, 3.63) is 52.5 Å². The highest BCUT2D eigenvalue weighted by atomic mass is 79.9. The zero-order valence-electron chi connectivity index (χ0n) is 12.6. The van der Waals surface area contributed by atoms with Crippen LogP contribution < -0.4 is 15.2 Å². The molecule has 4 N–H and O–H groups in total. The number of carboxylic acids is 1. The van der Waals surface area contributed by atoms with E-state index >= 15 is 0 Å². The summed E-state index contributed by atoms with van der Waals surface area (Å²) in [6, 6.07) is 9.64. The second kappa shape index (κ2) is 7.64. The summed E-state index contributed by atoms with van der Waals surface area (Å²) >= 11 is 3.16. The minimum atomic E-state index is -3.81. The Labute approximate surface area is 151 Å². The largest absolute Gasteiger partial charge is 0.483 e. The molecule has 0 atom stereocenters. The van der Waals surface area contributed by atoms with Crippen LogP contribution in [-0.4, -0.2) is 32.0 Å². The van der Waals surface area contributed by atoms with Crippen molar-refractivity contribution in [1.29, 1.82) is 0 Å². The molecule has 0 unspecified atom stereocenters. The van der Waals surface area contributed by atoms with Gasteiger partial charge in [-0.05, 0) is 42.5 Å². The molecule has 132 valence electrons. The van der Waals surface area contributed by atoms with Crippen molar-refractivity contribution in [3.8, 4) is 5.75 Å². The van der Waals surface area contributed by atoms with Crippen LogP contribution in [0.5, 0.6) is 5.75 Å². The first-order valence-electron chi connectivity index (χ1n) is 6.75. The van der Waals surface area contributed by atoms with Crippen molar-refractivity contribution in [3.63, 3.8) is 0 Å². The normalized spacial score (nSPS) is 11.0. The number of carbonyl (C=O) groups excluding carboxylic acids is 1. The van der Waals surface area contributed by atoms with Gasteiger partial charge >= 0.3 is 5.97 Å². The topological polar surface area (TPSA) is 136 Å². The van der Waals surface area contributed by atoms with Crippen molar-refractivity contribution in [2.75, 3.05) is 11.9 Å². The summed E-state index contributed by atoms with van der Waals surface area (Å²) in [5, 5.41) is 16.6. The summed E-state index contributed by atoms with van der Waals surface area (Å²) in [6.45, 7) is -0.418. The van der Waals surface area contributed by atoms with Gasteiger partial charge in [-0.1, -0.05) is 15.9 Å². The van der Waals surface area contributed by atoms with E-state index in [4.69, 9.17) is 15.0 Å². The molecule has 0 saturated carbocycles. The molecule has 0 heterocycles. The van der Waals surface area contributed by atoms with E-state index in [9.17, 15) is 18.0 Å². The number of amides is 1. The fourth-order valence-electron chi connectivity index (χ4n) is 1.86. The molecule has 0 aromatic heterocycles. The second-order valence-electron chi connectivity index (χ2n) is 4.85. The van der Waals surface area contributed by atoms with Crippen LogP contribution in [0.2, 0.25) is 0 Å². The lowest BCUT2D eigenvalue weighted by Crippen LogP contribution is -2.21. The predicted molar refractivity (Wildman–Crippen MR) is 93.0 cm³/mol. The number of halogens is 1. The average Bonchev–Trinajstić information content (AvgIpc) is 2.53. The van der Waals surface area contributed by atoms with E-state index in [1.165, 1.54) is 36.4 Å². The van der Waals surface area contributed by atoms with Gasteiger partial charge in [-0.15, -0.1) is 0 Å². The third-order valence-corrected chi connectivity index (χ3v) is 4.42. The minimum Gasteiger partial charge on any atom is -0.483 e. The molecule has 8 nitrogen and oxygen atoms in total. The number of primary sulfonamides is 1. The van der Waals surface area contributed by atoms with Gasteiger partial charge in [-0.3, -0.25) is 4.79 Å². The first kappa shape index (κ1) is 18.9. The van der Waals surface area contributed by atoms with Crippen molar-refractivity contribution in [1.82, 2.24) is 0 Å². The van der Waals surface area contributed by atoms with Gasteiger partial charge in [-0.25, -0.2) is 18.4 Å². The van der Waals surface area contributed by atoms with E-state index in [1.54, 1.807) is 6.07 Å². The smallest absolute Gasteiger partial charge is 0.339 e. The third-order valence-electron chi connectivity index (χ3n) is 3.00. The highest BCUT2D eigenvalue weighted by molar-refractivity contribution is 9.10. The predicted octanol–water partition coefficient (Wildman–Crippen LogP) is 1.81. The lowest BCUT2D eigenvalue weighted by Gasteiger charge is -2.10. The standard InChI is InChI=1S/C15H13BrN2O6S/c16-9-1-6-13(12(7-9)15(20)21)24-8-14(19)18-10-2-4-11(5-3-10)25(17,22)23/h1-7H,8H2,(H,18,19)(H,20,21)(H2,17,22,23). The van der Waals surface area contributed by atoms with Crippen LogP contribution in [0.15, 0.2) is 51.8 Å². The number of nitrogens with one attached hydrogen (secondary N) is 1. The molecule has 25 heavy (non-hydrogen) atoms. The first-order valence-corrected chi connectivity index (χ1v) is 9.09. The maximum Gasteiger partial charge on any atom is 0.339 e. The SMILES string of the molecule is NS(=O)(=O)c1ccc(NC(=O)COc2ccc(Br)cc2C(=O)O)cc1. The molecule has 0 aliphatic rings. The fourth-order valence-corrected chi connectivity index (χ4v) is 2.74. The maximum absolute atomic E-state index is 11.9. The number of benzene rings is 2. The first-order chi connectivity index (χ1) is 11.7. The molecular formula is C15H13BrN2O6S. The zero-order valence-corrected chi connectivity index (χ0v) is 15.0. The number of aromatic carboxylic acids is 1. The average molecular weight is 429 g/mol. The van der Waals surface area contributed by atoms with Crippen LogP contribution >= 0.6 is 15.9 Å². The summed E-state index contributed by atoms with van der Waals surface area (Å²) in [7, 11) is -3.81. The molecule has 0 aliphatic carbocycles. The van der Waals surface area contributed by atoms with E-state index < -0.39 is 28.5 Å². The quantitative estimate of drug-likeness (QED) is 0.641. The van der Waals surface area contributed by atoms with Crippen molar-refractivity contribution in [2.45, 2.75) is 4.90 Å². The van der Waals surface area contributed by atoms with Crippen LogP contribution in [0.4, 0.5) is 5.69 Å². The Morgan fingerprint density at radius 3 is 2.36 bits per heavy atom. The highest BCUT2D eigenvalue weighted by Gasteiger charge is 2.14. The van der Waals surface area contributed by atoms with Gasteiger partial charge in [0.05, 0.1) is 4.90 Å². The Morgan fingerprint density at radius 1 is 1.16 bits per heavy atom. The Hall–Kier alpha value is -2.43. The monoisotopic (exact) mass is 428 g/mol. The maximum atomic E-state index is 11.9. The number of anilines is 1. The number of nitrogens with two attached hydrogens (primary N) is 1. The van der Waals surface area contributed by atoms with Gasteiger partial charge in [0.15, 0.2) is 6.61 Å². The summed E-state index contributed by atoms with van der Waals surface area (Å²) < 4.78 is 28.1. The van der Waals surface area contributed by atoms with Gasteiger partial charge in [-0.2, -0.15) is 0 Å². The number of sulfonamides is 1. The van der Waals surface area contributed by atoms with Crippen LogP contribution in [0.25, 0.3) is 0 Å². The van der Waals surface area contributed by atoms with E-state index in [0.29, 0.717) is 10.2 Å². The lowest BCUT2D eigenvalue weighted by molar-refractivity contribution is -0.118. The zero-order chi connectivity index (χ0) is 18.6. The molecule has 0 spiro atoms. The summed E-state index contributed by atoms with van der Waals surface area (Å²) in [6.07, 6.45) is 0. The number of rotatable bonds is 6. The molecule has 0 aliphatic heterocycles. The van der Waals surface area contributed by atoms with Crippen molar-refractivity contribution >= 4 is 43.5 Å². The van der Waals surface area contributed by atoms with E-state index in [1.807, 2.05) is 0 Å². The third kappa shape index (κ3) is 5.28. The number of hydrogen-bond acceptors (Lipinski definition) is 5. The Balaban J connectivity index is 2.01. The van der Waals surface area contributed by atoms with Crippen LogP contribution in [0, 0.1) is 0 Å². The van der Waals surface area contributed by atoms with E-state index in [2.05, 4.69) is 21.2 Å². The molecule has 0 bridgehead atoms. The van der Waals surface area contributed by atoms with Gasteiger partial charge in [0, 0.05) is 10.2 Å². The van der Waals surface area contributed by atoms with Gasteiger partial charge in [0.25, 0.3) is 5.91 Å². The molecule has 10 heteroatoms. The van der Waals surface area contributed by atoms with Crippen molar-refractivity contribution < 1.29 is 27.9 Å². The molecule has 2 rings (SSSR count). The van der Waals surface area contributed by atoms with Crippen LogP contribution in [0.3, 0.4) is 0 Å². The van der Waals surface area contributed by atoms with Gasteiger partial charge in [0.1, 0.15) is 11.3 Å². The minimum absolute atomic E-state index is 0.0513. The molecular weight excluding hydrogens is 416 g/mol. The fraction of sp³-hybridized carbons (Fsp3) is 0.0667. The number of carbonyl (C=O) groups is 2.